The molecule has 32 heavy (non-hydrogen) atoms. The van der Waals surface area contributed by atoms with E-state index in [0.29, 0.717) is 36.6 Å². The number of para-hydroxylation sites is 1. The molecule has 1 fully saturated rings. The van der Waals surface area contributed by atoms with Gasteiger partial charge in [0, 0.05) is 32.2 Å². The van der Waals surface area contributed by atoms with Crippen LogP contribution in [0.3, 0.4) is 0 Å². The number of ether oxygens (including phenoxy) is 2. The van der Waals surface area contributed by atoms with E-state index in [1.54, 1.807) is 13.2 Å². The van der Waals surface area contributed by atoms with E-state index in [4.69, 9.17) is 9.47 Å². The fourth-order valence-electron chi connectivity index (χ4n) is 3.74. The lowest BCUT2D eigenvalue weighted by Gasteiger charge is -2.34. The number of methoxy groups -OCH3 is 2. The number of carbonyl (C=O) groups excluding carboxylic acids is 1. The quantitative estimate of drug-likeness (QED) is 0.647. The van der Waals surface area contributed by atoms with Gasteiger partial charge in [-0.15, -0.1) is 0 Å². The highest BCUT2D eigenvalue weighted by atomic mass is 32.2. The lowest BCUT2D eigenvalue weighted by atomic mass is 9.98. The second kappa shape index (κ2) is 10.2. The van der Waals surface area contributed by atoms with E-state index < -0.39 is 21.9 Å². The van der Waals surface area contributed by atoms with Crippen LogP contribution in [0.2, 0.25) is 0 Å². The third kappa shape index (κ3) is 5.13. The first-order valence-electron chi connectivity index (χ1n) is 10.2. The van der Waals surface area contributed by atoms with Crippen LogP contribution in [0.5, 0.6) is 11.5 Å². The molecule has 0 unspecified atom stereocenters. The van der Waals surface area contributed by atoms with Gasteiger partial charge in [0.1, 0.15) is 5.82 Å². The van der Waals surface area contributed by atoms with Crippen LogP contribution in [0.15, 0.2) is 42.5 Å². The van der Waals surface area contributed by atoms with E-state index >= 15 is 0 Å². The molecule has 2 aromatic carbocycles. The van der Waals surface area contributed by atoms with Gasteiger partial charge in [0.2, 0.25) is 5.91 Å². The maximum atomic E-state index is 13.2. The Bertz CT molecular complexity index is 1050. The van der Waals surface area contributed by atoms with Crippen molar-refractivity contribution in [2.75, 3.05) is 38.7 Å². The Hall–Kier alpha value is -2.85. The fourth-order valence-corrected chi connectivity index (χ4v) is 5.21. The average Bonchev–Trinajstić information content (AvgIpc) is 2.82. The van der Waals surface area contributed by atoms with E-state index in [1.165, 1.54) is 42.7 Å². The zero-order valence-electron chi connectivity index (χ0n) is 18.4. The van der Waals surface area contributed by atoms with Crippen LogP contribution in [-0.2, 0) is 21.5 Å². The minimum absolute atomic E-state index is 0.0783. The molecule has 0 radical (unpaired) electrons. The lowest BCUT2D eigenvalue weighted by molar-refractivity contribution is -0.126. The molecule has 3 rings (SSSR count). The number of hydrogen-bond acceptors (Lipinski definition) is 5. The highest BCUT2D eigenvalue weighted by molar-refractivity contribution is 7.90. The summed E-state index contributed by atoms with van der Waals surface area (Å²) in [4.78, 5) is 12.8. The van der Waals surface area contributed by atoms with Crippen molar-refractivity contribution >= 4 is 21.8 Å². The summed E-state index contributed by atoms with van der Waals surface area (Å²) in [6.45, 7) is 0.633. The van der Waals surface area contributed by atoms with Crippen LogP contribution in [0.4, 0.5) is 10.1 Å². The molecule has 0 aliphatic carbocycles. The first-order chi connectivity index (χ1) is 15.3. The highest BCUT2D eigenvalue weighted by Gasteiger charge is 2.34. The van der Waals surface area contributed by atoms with E-state index in [0.717, 1.165) is 9.87 Å². The average molecular weight is 466 g/mol. The molecule has 1 aliphatic heterocycles. The Labute approximate surface area is 188 Å². The monoisotopic (exact) mass is 465 g/mol. The smallest absolute Gasteiger partial charge is 0.303 e. The fraction of sp³-hybridized carbons (Fsp3) is 0.409. The Morgan fingerprint density at radius 3 is 2.56 bits per heavy atom. The first-order valence-corrected chi connectivity index (χ1v) is 11.6. The molecule has 0 aromatic heterocycles. The van der Waals surface area contributed by atoms with Crippen LogP contribution in [-0.4, -0.2) is 53.0 Å². The van der Waals surface area contributed by atoms with Gasteiger partial charge in [-0.2, -0.15) is 12.7 Å². The van der Waals surface area contributed by atoms with Gasteiger partial charge in [0.25, 0.3) is 0 Å². The number of nitrogens with one attached hydrogen (secondary N) is 1. The summed E-state index contributed by atoms with van der Waals surface area (Å²) in [7, 11) is 0.639. The molecule has 8 nitrogen and oxygen atoms in total. The minimum Gasteiger partial charge on any atom is -0.493 e. The van der Waals surface area contributed by atoms with Gasteiger partial charge < -0.3 is 14.8 Å². The zero-order valence-corrected chi connectivity index (χ0v) is 19.2. The molecular formula is C22H28FN3O5S. The van der Waals surface area contributed by atoms with Crippen LogP contribution in [0.1, 0.15) is 18.4 Å². The predicted octanol–water partition coefficient (Wildman–Crippen LogP) is 2.55. The van der Waals surface area contributed by atoms with Crippen LogP contribution >= 0.6 is 0 Å². The number of amides is 1. The number of anilines is 1. The molecule has 2 aromatic rings. The van der Waals surface area contributed by atoms with Gasteiger partial charge in [-0.1, -0.05) is 12.1 Å². The Morgan fingerprint density at radius 1 is 1.19 bits per heavy atom. The largest absolute Gasteiger partial charge is 0.493 e. The van der Waals surface area contributed by atoms with Gasteiger partial charge in [-0.3, -0.25) is 9.10 Å². The van der Waals surface area contributed by atoms with Crippen molar-refractivity contribution in [3.63, 3.8) is 0 Å². The lowest BCUT2D eigenvalue weighted by Crippen LogP contribution is -2.49. The Balaban J connectivity index is 1.66. The number of carbonyl (C=O) groups is 1. The molecule has 1 atom stereocenters. The summed E-state index contributed by atoms with van der Waals surface area (Å²) in [5.74, 6) is -0.0278. The first kappa shape index (κ1) is 23.8. The van der Waals surface area contributed by atoms with Crippen LogP contribution in [0.25, 0.3) is 0 Å². The number of hydrogen-bond donors (Lipinski definition) is 1. The normalized spacial score (nSPS) is 16.9. The molecule has 1 amide bonds. The zero-order chi connectivity index (χ0) is 23.3. The Kier molecular flexibility index (Phi) is 7.57. The highest BCUT2D eigenvalue weighted by Crippen LogP contribution is 2.31. The van der Waals surface area contributed by atoms with Crippen molar-refractivity contribution in [1.82, 2.24) is 9.62 Å². The van der Waals surface area contributed by atoms with Crippen molar-refractivity contribution in [3.05, 3.63) is 53.8 Å². The van der Waals surface area contributed by atoms with E-state index in [2.05, 4.69) is 5.32 Å². The van der Waals surface area contributed by atoms with Gasteiger partial charge in [0.15, 0.2) is 11.5 Å². The predicted molar refractivity (Wildman–Crippen MR) is 119 cm³/mol. The van der Waals surface area contributed by atoms with Gasteiger partial charge in [-0.25, -0.2) is 4.39 Å². The van der Waals surface area contributed by atoms with Crippen molar-refractivity contribution < 1.29 is 27.1 Å². The molecule has 1 saturated heterocycles. The maximum absolute atomic E-state index is 13.2. The Morgan fingerprint density at radius 2 is 1.91 bits per heavy atom. The standard InChI is InChI=1S/C22H28FN3O5S/c1-25(19-11-9-18(23)10-12-19)32(28,29)26-13-5-7-17(15-26)22(27)24-14-16-6-4-8-20(30-2)21(16)31-3/h4,6,8-12,17H,5,7,13-15H2,1-3H3,(H,24,27)/t17-/m0/s1. The summed E-state index contributed by atoms with van der Waals surface area (Å²) in [5, 5.41) is 2.88. The molecule has 0 spiro atoms. The van der Waals surface area contributed by atoms with Crippen LogP contribution < -0.4 is 19.1 Å². The van der Waals surface area contributed by atoms with Crippen LogP contribution in [0, 0.1) is 11.7 Å². The molecule has 0 bridgehead atoms. The van der Waals surface area contributed by atoms with E-state index in [1.807, 2.05) is 12.1 Å². The number of benzene rings is 2. The summed E-state index contributed by atoms with van der Waals surface area (Å²) < 4.78 is 52.4. The molecular weight excluding hydrogens is 437 g/mol. The minimum atomic E-state index is -3.85. The van der Waals surface area contributed by atoms with Crippen molar-refractivity contribution in [2.24, 2.45) is 5.92 Å². The summed E-state index contributed by atoms with van der Waals surface area (Å²) >= 11 is 0. The molecule has 1 heterocycles. The van der Waals surface area contributed by atoms with E-state index in [-0.39, 0.29) is 19.0 Å². The number of halogens is 1. The molecule has 174 valence electrons. The topological polar surface area (TPSA) is 88.2 Å². The summed E-state index contributed by atoms with van der Waals surface area (Å²) in [6.07, 6.45) is 1.16. The third-order valence-electron chi connectivity index (χ3n) is 5.56. The second-order valence-corrected chi connectivity index (χ2v) is 9.48. The molecule has 1 N–H and O–H groups in total. The third-order valence-corrected chi connectivity index (χ3v) is 7.44. The summed E-state index contributed by atoms with van der Waals surface area (Å²) in [5.41, 5.74) is 1.11. The second-order valence-electron chi connectivity index (χ2n) is 7.52. The summed E-state index contributed by atoms with van der Waals surface area (Å²) in [6, 6.07) is 10.6. The van der Waals surface area contributed by atoms with Crippen molar-refractivity contribution in [1.29, 1.82) is 0 Å². The van der Waals surface area contributed by atoms with Crippen molar-refractivity contribution in [2.45, 2.75) is 19.4 Å². The number of rotatable bonds is 8. The van der Waals surface area contributed by atoms with E-state index in [9.17, 15) is 17.6 Å². The van der Waals surface area contributed by atoms with Crippen molar-refractivity contribution in [3.8, 4) is 11.5 Å². The molecule has 0 saturated carbocycles. The molecule has 10 heteroatoms. The van der Waals surface area contributed by atoms with Gasteiger partial charge >= 0.3 is 10.2 Å². The maximum Gasteiger partial charge on any atom is 0.303 e. The number of nitrogens with zero attached hydrogens (tertiary/aromatic N) is 2. The van der Waals surface area contributed by atoms with Gasteiger partial charge in [0.05, 0.1) is 25.8 Å². The van der Waals surface area contributed by atoms with Gasteiger partial charge in [-0.05, 0) is 43.2 Å². The SMILES string of the molecule is COc1cccc(CNC(=O)[C@H]2CCCN(S(=O)(=O)N(C)c3ccc(F)cc3)C2)c1OC. The number of piperidine rings is 1. The molecule has 1 aliphatic rings.